The van der Waals surface area contributed by atoms with Gasteiger partial charge >= 0.3 is 0 Å². The first kappa shape index (κ1) is 17.4. The number of carbonyl (C=O) groups excluding carboxylic acids is 2. The van der Waals surface area contributed by atoms with E-state index in [2.05, 4.69) is 23.1 Å². The van der Waals surface area contributed by atoms with Crippen molar-refractivity contribution in [1.82, 2.24) is 0 Å². The van der Waals surface area contributed by atoms with Crippen molar-refractivity contribution in [3.05, 3.63) is 59.9 Å². The van der Waals surface area contributed by atoms with Gasteiger partial charge in [-0.2, -0.15) is 0 Å². The summed E-state index contributed by atoms with van der Waals surface area (Å²) in [6.07, 6.45) is 0.650. The SMILES string of the molecule is O=C1CC(=O)C(Cc2ccc3oc(CN4CCOc5ccccc54)cc3c2)S1. The number of hydrogen-bond acceptors (Lipinski definition) is 6. The second-order valence-electron chi connectivity index (χ2n) is 7.15. The first-order valence-corrected chi connectivity index (χ1v) is 10.2. The Hall–Kier alpha value is -2.73. The lowest BCUT2D eigenvalue weighted by atomic mass is 10.0. The predicted octanol–water partition coefficient (Wildman–Crippen LogP) is 3.98. The van der Waals surface area contributed by atoms with Crippen LogP contribution in [0.25, 0.3) is 11.0 Å². The number of para-hydroxylation sites is 2. The molecule has 1 aromatic heterocycles. The number of carbonyl (C=O) groups is 2. The van der Waals surface area contributed by atoms with Crippen LogP contribution >= 0.6 is 11.8 Å². The molecule has 1 atom stereocenters. The minimum Gasteiger partial charge on any atom is -0.490 e. The van der Waals surface area contributed by atoms with Crippen LogP contribution < -0.4 is 9.64 Å². The molecule has 3 aromatic rings. The second-order valence-corrected chi connectivity index (χ2v) is 8.41. The molecule has 0 N–H and O–H groups in total. The summed E-state index contributed by atoms with van der Waals surface area (Å²) in [6, 6.07) is 16.1. The first-order chi connectivity index (χ1) is 13.7. The van der Waals surface area contributed by atoms with Crippen molar-refractivity contribution < 1.29 is 18.7 Å². The Kier molecular flexibility index (Phi) is 4.36. The molecule has 0 bridgehead atoms. The van der Waals surface area contributed by atoms with Crippen molar-refractivity contribution in [2.45, 2.75) is 24.6 Å². The van der Waals surface area contributed by atoms with Gasteiger partial charge in [0.2, 0.25) is 0 Å². The molecular formula is C22H19NO4S. The van der Waals surface area contributed by atoms with Crippen LogP contribution in [0.5, 0.6) is 5.75 Å². The van der Waals surface area contributed by atoms with E-state index in [1.165, 1.54) is 11.8 Å². The van der Waals surface area contributed by atoms with Crippen LogP contribution in [0.1, 0.15) is 17.7 Å². The van der Waals surface area contributed by atoms with Gasteiger partial charge in [0.15, 0.2) is 10.9 Å². The fourth-order valence-corrected chi connectivity index (χ4v) is 4.86. The number of ketones is 1. The van der Waals surface area contributed by atoms with Crippen LogP contribution in [0.2, 0.25) is 0 Å². The summed E-state index contributed by atoms with van der Waals surface area (Å²) < 4.78 is 11.8. The highest BCUT2D eigenvalue weighted by atomic mass is 32.2. The molecule has 28 heavy (non-hydrogen) atoms. The lowest BCUT2D eigenvalue weighted by Crippen LogP contribution is -2.31. The van der Waals surface area contributed by atoms with Crippen molar-refractivity contribution in [3.63, 3.8) is 0 Å². The van der Waals surface area contributed by atoms with E-state index in [1.807, 2.05) is 30.3 Å². The Balaban J connectivity index is 1.36. The van der Waals surface area contributed by atoms with Crippen LogP contribution in [0.4, 0.5) is 5.69 Å². The van der Waals surface area contributed by atoms with E-state index >= 15 is 0 Å². The monoisotopic (exact) mass is 393 g/mol. The number of anilines is 1. The molecule has 0 aliphatic carbocycles. The van der Waals surface area contributed by atoms with Gasteiger partial charge in [0.05, 0.1) is 30.4 Å². The number of hydrogen-bond donors (Lipinski definition) is 0. The van der Waals surface area contributed by atoms with Crippen molar-refractivity contribution in [1.29, 1.82) is 0 Å². The lowest BCUT2D eigenvalue weighted by Gasteiger charge is -2.30. The average molecular weight is 393 g/mol. The van der Waals surface area contributed by atoms with Crippen molar-refractivity contribution in [2.75, 3.05) is 18.1 Å². The van der Waals surface area contributed by atoms with Crippen LogP contribution in [0.3, 0.4) is 0 Å². The maximum Gasteiger partial charge on any atom is 0.197 e. The van der Waals surface area contributed by atoms with E-state index in [0.717, 1.165) is 40.3 Å². The molecule has 3 heterocycles. The third kappa shape index (κ3) is 3.29. The van der Waals surface area contributed by atoms with Crippen molar-refractivity contribution in [2.24, 2.45) is 0 Å². The third-order valence-corrected chi connectivity index (χ3v) is 6.30. The van der Waals surface area contributed by atoms with Crippen molar-refractivity contribution >= 4 is 39.3 Å². The molecule has 6 heteroatoms. The van der Waals surface area contributed by atoms with Gasteiger partial charge in [-0.3, -0.25) is 9.59 Å². The van der Waals surface area contributed by atoms with E-state index in [4.69, 9.17) is 9.15 Å². The van der Waals surface area contributed by atoms with Crippen LogP contribution in [0.15, 0.2) is 52.9 Å². The number of Topliss-reactive ketones (excluding diaryl/α,β-unsaturated/α-hetero) is 1. The molecule has 1 saturated heterocycles. The van der Waals surface area contributed by atoms with E-state index in [0.29, 0.717) is 19.6 Å². The Morgan fingerprint density at radius 2 is 2.00 bits per heavy atom. The maximum absolute atomic E-state index is 11.9. The van der Waals surface area contributed by atoms with Gasteiger partial charge in [0.1, 0.15) is 23.7 Å². The van der Waals surface area contributed by atoms with Gasteiger partial charge < -0.3 is 14.1 Å². The summed E-state index contributed by atoms with van der Waals surface area (Å²) in [5.74, 6) is 1.83. The Labute approximate surface area is 166 Å². The largest absolute Gasteiger partial charge is 0.490 e. The summed E-state index contributed by atoms with van der Waals surface area (Å²) in [7, 11) is 0. The normalized spacial score (nSPS) is 19.1. The standard InChI is InChI=1S/C22H19NO4S/c24-18-12-22(25)28-21(18)10-14-5-6-19-15(9-14)11-16(27-19)13-23-7-8-26-20-4-2-1-3-17(20)23/h1-6,9,11,21H,7-8,10,12-13H2. The smallest absolute Gasteiger partial charge is 0.197 e. The number of ether oxygens (including phenoxy) is 1. The molecule has 0 spiro atoms. The number of benzene rings is 2. The van der Waals surface area contributed by atoms with Crippen molar-refractivity contribution in [3.8, 4) is 5.75 Å². The zero-order valence-corrected chi connectivity index (χ0v) is 16.0. The van der Waals surface area contributed by atoms with Gasteiger partial charge in [-0.05, 0) is 42.3 Å². The van der Waals surface area contributed by atoms with Gasteiger partial charge in [-0.1, -0.05) is 30.0 Å². The number of nitrogens with zero attached hydrogens (tertiary/aromatic N) is 1. The zero-order valence-electron chi connectivity index (χ0n) is 15.2. The highest BCUT2D eigenvalue weighted by Crippen LogP contribution is 2.33. The zero-order chi connectivity index (χ0) is 19.1. The molecule has 5 rings (SSSR count). The van der Waals surface area contributed by atoms with E-state index in [9.17, 15) is 9.59 Å². The van der Waals surface area contributed by atoms with Crippen LogP contribution in [-0.4, -0.2) is 29.3 Å². The molecule has 0 radical (unpaired) electrons. The average Bonchev–Trinajstić information content (AvgIpc) is 3.23. The van der Waals surface area contributed by atoms with E-state index in [1.54, 1.807) is 0 Å². The minimum atomic E-state index is -0.249. The molecule has 0 saturated carbocycles. The molecule has 142 valence electrons. The summed E-state index contributed by atoms with van der Waals surface area (Å²) in [5.41, 5.74) is 2.97. The summed E-state index contributed by atoms with van der Waals surface area (Å²) >= 11 is 1.17. The molecule has 2 aliphatic heterocycles. The van der Waals surface area contributed by atoms with Gasteiger partial charge in [-0.15, -0.1) is 0 Å². The first-order valence-electron chi connectivity index (χ1n) is 9.36. The van der Waals surface area contributed by atoms with Gasteiger partial charge in [0.25, 0.3) is 0 Å². The van der Waals surface area contributed by atoms with E-state index in [-0.39, 0.29) is 22.6 Å². The Bertz CT molecular complexity index is 1070. The molecule has 2 aromatic carbocycles. The van der Waals surface area contributed by atoms with Gasteiger partial charge in [0, 0.05) is 5.39 Å². The number of rotatable bonds is 4. The molecule has 2 aliphatic rings. The fraction of sp³-hybridized carbons (Fsp3) is 0.273. The number of thioether (sulfide) groups is 1. The molecular weight excluding hydrogens is 374 g/mol. The molecule has 5 nitrogen and oxygen atoms in total. The van der Waals surface area contributed by atoms with Gasteiger partial charge in [-0.25, -0.2) is 0 Å². The molecule has 1 fully saturated rings. The molecule has 0 amide bonds. The third-order valence-electron chi connectivity index (χ3n) is 5.18. The number of fused-ring (bicyclic) bond motifs is 2. The van der Waals surface area contributed by atoms with Crippen LogP contribution in [0, 0.1) is 0 Å². The van der Waals surface area contributed by atoms with Crippen LogP contribution in [-0.2, 0) is 22.6 Å². The number of furan rings is 1. The Morgan fingerprint density at radius 3 is 2.86 bits per heavy atom. The highest BCUT2D eigenvalue weighted by molar-refractivity contribution is 8.15. The lowest BCUT2D eigenvalue weighted by molar-refractivity contribution is -0.121. The fourth-order valence-electron chi connectivity index (χ4n) is 3.82. The summed E-state index contributed by atoms with van der Waals surface area (Å²) in [4.78, 5) is 25.6. The summed E-state index contributed by atoms with van der Waals surface area (Å²) in [5, 5.41) is 0.754. The predicted molar refractivity (Wildman–Crippen MR) is 109 cm³/mol. The quantitative estimate of drug-likeness (QED) is 0.625. The summed E-state index contributed by atoms with van der Waals surface area (Å²) in [6.45, 7) is 2.15. The van der Waals surface area contributed by atoms with E-state index < -0.39 is 0 Å². The Morgan fingerprint density at radius 1 is 1.11 bits per heavy atom. The maximum atomic E-state index is 11.9. The molecule has 1 unspecified atom stereocenters. The minimum absolute atomic E-state index is 0.0209. The topological polar surface area (TPSA) is 59.8 Å². The highest BCUT2D eigenvalue weighted by Gasteiger charge is 2.31. The second kappa shape index (κ2) is 7.02.